The third kappa shape index (κ3) is 8.87. The second-order valence-corrected chi connectivity index (χ2v) is 6.49. The Hall–Kier alpha value is -1.19. The van der Waals surface area contributed by atoms with E-state index in [1.165, 1.54) is 38.5 Å². The van der Waals surface area contributed by atoms with Crippen LogP contribution in [0.2, 0.25) is 0 Å². The lowest BCUT2D eigenvalue weighted by Crippen LogP contribution is -2.26. The fraction of sp³-hybridized carbons (Fsp3) is 0.650. The van der Waals surface area contributed by atoms with Gasteiger partial charge in [0.05, 0.1) is 6.61 Å². The first-order valence-electron chi connectivity index (χ1n) is 9.16. The van der Waals surface area contributed by atoms with Gasteiger partial charge in [0, 0.05) is 18.0 Å². The van der Waals surface area contributed by atoms with Gasteiger partial charge in [0.25, 0.3) is 0 Å². The molecule has 0 radical (unpaired) electrons. The number of benzene rings is 1. The molecule has 3 nitrogen and oxygen atoms in total. The molecule has 0 aliphatic carbocycles. The Morgan fingerprint density at radius 1 is 1.00 bits per heavy atom. The van der Waals surface area contributed by atoms with Crippen LogP contribution in [0.15, 0.2) is 24.3 Å². The largest absolute Gasteiger partial charge is 0.395 e. The van der Waals surface area contributed by atoms with Gasteiger partial charge in [-0.3, -0.25) is 4.79 Å². The molecule has 1 atom stereocenters. The van der Waals surface area contributed by atoms with Crippen LogP contribution >= 0.6 is 0 Å². The highest BCUT2D eigenvalue weighted by Crippen LogP contribution is 2.13. The van der Waals surface area contributed by atoms with Crippen molar-refractivity contribution in [3.63, 3.8) is 0 Å². The van der Waals surface area contributed by atoms with E-state index in [2.05, 4.69) is 6.92 Å². The molecule has 130 valence electrons. The van der Waals surface area contributed by atoms with Crippen molar-refractivity contribution < 1.29 is 9.90 Å². The molecule has 3 heteroatoms. The molecule has 1 rings (SSSR count). The fourth-order valence-electron chi connectivity index (χ4n) is 2.76. The summed E-state index contributed by atoms with van der Waals surface area (Å²) in [6.07, 6.45) is 11.3. The fourth-order valence-corrected chi connectivity index (χ4v) is 2.76. The molecule has 0 bridgehead atoms. The highest BCUT2D eigenvalue weighted by atomic mass is 16.3. The zero-order valence-electron chi connectivity index (χ0n) is 14.6. The molecule has 0 saturated carbocycles. The minimum atomic E-state index is -0.228. The molecular weight excluding hydrogens is 286 g/mol. The van der Waals surface area contributed by atoms with E-state index < -0.39 is 0 Å². The Kier molecular flexibility index (Phi) is 10.6. The van der Waals surface area contributed by atoms with Gasteiger partial charge in [-0.05, 0) is 18.4 Å². The van der Waals surface area contributed by atoms with Crippen molar-refractivity contribution in [2.24, 2.45) is 5.73 Å². The van der Waals surface area contributed by atoms with E-state index in [-0.39, 0.29) is 18.4 Å². The summed E-state index contributed by atoms with van der Waals surface area (Å²) in [4.78, 5) is 12.1. The number of carbonyl (C=O) groups is 1. The van der Waals surface area contributed by atoms with Gasteiger partial charge >= 0.3 is 0 Å². The van der Waals surface area contributed by atoms with Crippen LogP contribution in [0.5, 0.6) is 0 Å². The number of ketones is 1. The predicted octanol–water partition coefficient (Wildman–Crippen LogP) is 4.26. The lowest BCUT2D eigenvalue weighted by atomic mass is 10.00. The van der Waals surface area contributed by atoms with Crippen molar-refractivity contribution >= 4 is 5.78 Å². The quantitative estimate of drug-likeness (QED) is 0.422. The van der Waals surface area contributed by atoms with E-state index in [0.29, 0.717) is 12.8 Å². The lowest BCUT2D eigenvalue weighted by molar-refractivity contribution is 0.0979. The van der Waals surface area contributed by atoms with Gasteiger partial charge in [-0.15, -0.1) is 0 Å². The van der Waals surface area contributed by atoms with Gasteiger partial charge in [0.15, 0.2) is 5.78 Å². The highest BCUT2D eigenvalue weighted by molar-refractivity contribution is 5.96. The van der Waals surface area contributed by atoms with Gasteiger partial charge in [0.2, 0.25) is 0 Å². The summed E-state index contributed by atoms with van der Waals surface area (Å²) < 4.78 is 0. The Balaban J connectivity index is 2.19. The number of rotatable bonds is 13. The number of nitrogens with two attached hydrogens (primary N) is 1. The minimum absolute atomic E-state index is 0.0148. The van der Waals surface area contributed by atoms with E-state index >= 15 is 0 Å². The van der Waals surface area contributed by atoms with Crippen LogP contribution in [0, 0.1) is 0 Å². The molecule has 0 saturated heterocycles. The molecule has 0 aliphatic rings. The topological polar surface area (TPSA) is 63.3 Å². The molecule has 0 fully saturated rings. The van der Waals surface area contributed by atoms with Crippen molar-refractivity contribution in [2.45, 2.75) is 77.2 Å². The van der Waals surface area contributed by atoms with Crippen LogP contribution in [-0.2, 0) is 6.42 Å². The average Bonchev–Trinajstić information content (AvgIpc) is 2.57. The van der Waals surface area contributed by atoms with Gasteiger partial charge in [0.1, 0.15) is 0 Å². The number of aliphatic hydroxyl groups is 1. The molecule has 3 N–H and O–H groups in total. The van der Waals surface area contributed by atoms with E-state index in [1.54, 1.807) is 0 Å². The van der Waals surface area contributed by atoms with Crippen molar-refractivity contribution in [3.8, 4) is 0 Å². The maximum absolute atomic E-state index is 12.1. The van der Waals surface area contributed by atoms with Crippen molar-refractivity contribution in [2.75, 3.05) is 6.61 Å². The van der Waals surface area contributed by atoms with Gasteiger partial charge < -0.3 is 10.8 Å². The smallest absolute Gasteiger partial charge is 0.162 e. The SMILES string of the molecule is CCCCCCCCCCC(=O)c1ccc(C[C@H](N)CO)cc1. The lowest BCUT2D eigenvalue weighted by Gasteiger charge is -2.08. The van der Waals surface area contributed by atoms with Crippen LogP contribution in [0.3, 0.4) is 0 Å². The van der Waals surface area contributed by atoms with Crippen LogP contribution in [0.25, 0.3) is 0 Å². The molecular formula is C20H33NO2. The predicted molar refractivity (Wildman–Crippen MR) is 96.8 cm³/mol. The summed E-state index contributed by atoms with van der Waals surface area (Å²) in [5, 5.41) is 8.96. The monoisotopic (exact) mass is 319 g/mol. The Morgan fingerprint density at radius 3 is 2.13 bits per heavy atom. The first-order chi connectivity index (χ1) is 11.2. The summed E-state index contributed by atoms with van der Waals surface area (Å²) >= 11 is 0. The second kappa shape index (κ2) is 12.3. The van der Waals surface area contributed by atoms with Crippen LogP contribution < -0.4 is 5.73 Å². The zero-order valence-corrected chi connectivity index (χ0v) is 14.6. The molecule has 0 unspecified atom stereocenters. The molecule has 0 spiro atoms. The Labute approximate surface area is 141 Å². The van der Waals surface area contributed by atoms with Gasteiger partial charge in [-0.25, -0.2) is 0 Å². The zero-order chi connectivity index (χ0) is 16.9. The van der Waals surface area contributed by atoms with E-state index in [1.807, 2.05) is 24.3 Å². The summed E-state index contributed by atoms with van der Waals surface area (Å²) in [6.45, 7) is 2.22. The first-order valence-corrected chi connectivity index (χ1v) is 9.16. The van der Waals surface area contributed by atoms with Crippen LogP contribution in [-0.4, -0.2) is 23.5 Å². The van der Waals surface area contributed by atoms with E-state index in [9.17, 15) is 4.79 Å². The summed E-state index contributed by atoms with van der Waals surface area (Å²) in [7, 11) is 0. The highest BCUT2D eigenvalue weighted by Gasteiger charge is 2.07. The third-order valence-corrected chi connectivity index (χ3v) is 4.27. The number of carbonyl (C=O) groups excluding carboxylic acids is 1. The summed E-state index contributed by atoms with van der Waals surface area (Å²) in [5.74, 6) is 0.231. The van der Waals surface area contributed by atoms with Crippen molar-refractivity contribution in [1.29, 1.82) is 0 Å². The second-order valence-electron chi connectivity index (χ2n) is 6.49. The molecule has 1 aromatic rings. The summed E-state index contributed by atoms with van der Waals surface area (Å²) in [6, 6.07) is 7.42. The molecule has 0 aliphatic heterocycles. The standard InChI is InChI=1S/C20H33NO2/c1-2-3-4-5-6-7-8-9-10-20(23)18-13-11-17(12-14-18)15-19(21)16-22/h11-14,19,22H,2-10,15-16,21H2,1H3/t19-/m0/s1. The summed E-state index contributed by atoms with van der Waals surface area (Å²) in [5.41, 5.74) is 7.57. The van der Waals surface area contributed by atoms with Gasteiger partial charge in [-0.2, -0.15) is 0 Å². The Morgan fingerprint density at radius 2 is 1.57 bits per heavy atom. The average molecular weight is 319 g/mol. The third-order valence-electron chi connectivity index (χ3n) is 4.27. The maximum atomic E-state index is 12.1. The Bertz CT molecular complexity index is 428. The molecule has 0 amide bonds. The van der Waals surface area contributed by atoms with Crippen molar-refractivity contribution in [1.82, 2.24) is 0 Å². The maximum Gasteiger partial charge on any atom is 0.162 e. The minimum Gasteiger partial charge on any atom is -0.395 e. The molecule has 1 aromatic carbocycles. The number of Topliss-reactive ketones (excluding diaryl/α,β-unsaturated/α-hetero) is 1. The number of unbranched alkanes of at least 4 members (excludes halogenated alkanes) is 7. The van der Waals surface area contributed by atoms with Crippen LogP contribution in [0.1, 0.15) is 80.6 Å². The number of hydrogen-bond acceptors (Lipinski definition) is 3. The van der Waals surface area contributed by atoms with E-state index in [0.717, 1.165) is 24.0 Å². The number of aliphatic hydroxyl groups excluding tert-OH is 1. The van der Waals surface area contributed by atoms with Crippen LogP contribution in [0.4, 0.5) is 0 Å². The molecule has 0 heterocycles. The molecule has 23 heavy (non-hydrogen) atoms. The van der Waals surface area contributed by atoms with Gasteiger partial charge in [-0.1, -0.05) is 76.1 Å². The number of hydrogen-bond donors (Lipinski definition) is 2. The van der Waals surface area contributed by atoms with E-state index in [4.69, 9.17) is 10.8 Å². The van der Waals surface area contributed by atoms with Crippen molar-refractivity contribution in [3.05, 3.63) is 35.4 Å². The first kappa shape index (κ1) is 19.9. The normalized spacial score (nSPS) is 12.3. The molecule has 0 aromatic heterocycles.